The third-order valence-corrected chi connectivity index (χ3v) is 14.3. The number of ether oxygens (including phenoxy) is 1. The quantitative estimate of drug-likeness (QED) is 0.286. The number of ketones is 1. The van der Waals surface area contributed by atoms with Gasteiger partial charge in [0.15, 0.2) is 0 Å². The number of fused-ring (bicyclic) bond motifs is 1. The van der Waals surface area contributed by atoms with Gasteiger partial charge >= 0.3 is 12.1 Å². The highest BCUT2D eigenvalue weighted by atomic mass is 19.1. The van der Waals surface area contributed by atoms with E-state index in [1.807, 2.05) is 30.9 Å². The van der Waals surface area contributed by atoms with Gasteiger partial charge in [0.1, 0.15) is 23.3 Å². The van der Waals surface area contributed by atoms with Gasteiger partial charge in [-0.2, -0.15) is 0 Å². The number of carboxylic acid groups (broad SMARTS) is 1. The number of aromatic carboxylic acids is 1. The zero-order valence-corrected chi connectivity index (χ0v) is 31.3. The summed E-state index contributed by atoms with van der Waals surface area (Å²) in [6, 6.07) is 2.75. The molecule has 3 N–H and O–H groups in total. The molecule has 5 aliphatic rings. The van der Waals surface area contributed by atoms with Crippen molar-refractivity contribution in [2.24, 2.45) is 39.9 Å². The summed E-state index contributed by atoms with van der Waals surface area (Å²) in [4.78, 5) is 67.4. The molecule has 3 unspecified atom stereocenters. The Morgan fingerprint density at radius 3 is 2.38 bits per heavy atom. The maximum Gasteiger partial charge on any atom is 0.414 e. The molecule has 53 heavy (non-hydrogen) atoms. The fourth-order valence-corrected chi connectivity index (χ4v) is 11.0. The van der Waals surface area contributed by atoms with Crippen LogP contribution in [0.2, 0.25) is 0 Å². The maximum absolute atomic E-state index is 15.6. The standard InChI is InChI=1S/C41H52FN3O8/c1-6-13-39(4)20-32(40(5)22(2)9-14-41(23(3)35(39)48)15-10-31(46)34(40)41)53-38(52)43-36(49)24-11-16-44(17-12-24)30-19-29-26(18-28(30)42)33(47)27(37(50)51)21-45(29)25-7-8-25/h6,13,18-19,21-25,32,34-35,48H,7-12,14-17,20H2,1-5H3,(H,50,51)(H,43,49,52)/b13-6-/t22?,23-,32+,34?,35-,39+,40-,41?/m0/s1. The number of allylic oxidation sites excluding steroid dienone is 1. The van der Waals surface area contributed by atoms with Crippen LogP contribution in [0.3, 0.4) is 0 Å². The summed E-state index contributed by atoms with van der Waals surface area (Å²) in [7, 11) is 0. The molecule has 1 aromatic heterocycles. The number of aliphatic hydroxyl groups is 1. The Hall–Kier alpha value is -4.06. The van der Waals surface area contributed by atoms with Crippen LogP contribution in [-0.2, 0) is 14.3 Å². The van der Waals surface area contributed by atoms with Gasteiger partial charge in [0.25, 0.3) is 0 Å². The molecule has 4 saturated carbocycles. The Balaban J connectivity index is 1.08. The van der Waals surface area contributed by atoms with Gasteiger partial charge in [0.2, 0.25) is 11.3 Å². The van der Waals surface area contributed by atoms with Crippen molar-refractivity contribution in [3.05, 3.63) is 52.1 Å². The van der Waals surface area contributed by atoms with Crippen molar-refractivity contribution in [3.8, 4) is 0 Å². The molecule has 7 rings (SSSR count). The van der Waals surface area contributed by atoms with Crippen molar-refractivity contribution in [3.63, 3.8) is 0 Å². The number of halogens is 1. The van der Waals surface area contributed by atoms with Gasteiger partial charge < -0.3 is 24.4 Å². The molecular weight excluding hydrogens is 681 g/mol. The lowest BCUT2D eigenvalue weighted by atomic mass is 9.44. The number of hydrogen-bond donors (Lipinski definition) is 3. The number of benzene rings is 1. The molecule has 2 heterocycles. The number of piperidine rings is 1. The lowest BCUT2D eigenvalue weighted by Crippen LogP contribution is -2.63. The van der Waals surface area contributed by atoms with E-state index in [9.17, 15) is 34.2 Å². The Morgan fingerprint density at radius 2 is 1.74 bits per heavy atom. The number of carbonyl (C=O) groups excluding carboxylic acids is 3. The molecule has 8 atom stereocenters. The molecule has 1 saturated heterocycles. The first kappa shape index (κ1) is 37.3. The van der Waals surface area contributed by atoms with Crippen LogP contribution < -0.4 is 15.6 Å². The third kappa shape index (κ3) is 5.99. The maximum atomic E-state index is 15.6. The van der Waals surface area contributed by atoms with Crippen LogP contribution in [0.15, 0.2) is 35.3 Å². The largest absolute Gasteiger partial charge is 0.477 e. The molecule has 0 spiro atoms. The highest BCUT2D eigenvalue weighted by Crippen LogP contribution is 2.68. The first-order valence-corrected chi connectivity index (χ1v) is 19.3. The molecule has 11 nitrogen and oxygen atoms in total. The second kappa shape index (κ2) is 13.4. The van der Waals surface area contributed by atoms with Crippen LogP contribution in [0.25, 0.3) is 10.9 Å². The van der Waals surface area contributed by atoms with Crippen LogP contribution in [0.1, 0.15) is 109 Å². The van der Waals surface area contributed by atoms with Crippen LogP contribution in [0, 0.1) is 45.7 Å². The van der Waals surface area contributed by atoms with E-state index in [-0.39, 0.29) is 40.7 Å². The summed E-state index contributed by atoms with van der Waals surface area (Å²) in [6.45, 7) is 10.8. The van der Waals surface area contributed by atoms with Gasteiger partial charge in [0, 0.05) is 59.8 Å². The topological polar surface area (TPSA) is 155 Å². The number of hydrogen-bond acceptors (Lipinski definition) is 8. The molecule has 2 amide bonds. The third-order valence-electron chi connectivity index (χ3n) is 14.3. The zero-order valence-electron chi connectivity index (χ0n) is 31.3. The fraction of sp³-hybridized carbons (Fsp3) is 0.634. The first-order chi connectivity index (χ1) is 25.1. The average Bonchev–Trinajstić information content (AvgIpc) is 3.90. The van der Waals surface area contributed by atoms with E-state index in [0.717, 1.165) is 31.7 Å². The van der Waals surface area contributed by atoms with Crippen molar-refractivity contribution in [1.82, 2.24) is 9.88 Å². The van der Waals surface area contributed by atoms with E-state index in [0.29, 0.717) is 50.7 Å². The number of imide groups is 1. The number of aliphatic hydroxyl groups excluding tert-OH is 1. The zero-order chi connectivity index (χ0) is 38.2. The summed E-state index contributed by atoms with van der Waals surface area (Å²) in [5.74, 6) is -3.30. The van der Waals surface area contributed by atoms with Gasteiger partial charge in [-0.25, -0.2) is 14.0 Å². The van der Waals surface area contributed by atoms with Crippen molar-refractivity contribution in [2.75, 3.05) is 18.0 Å². The monoisotopic (exact) mass is 733 g/mol. The Kier molecular flexibility index (Phi) is 9.39. The number of alkyl carbamates (subject to hydrolysis) is 1. The number of nitrogens with zero attached hydrogens (tertiary/aromatic N) is 2. The van der Waals surface area contributed by atoms with Crippen LogP contribution in [0.5, 0.6) is 0 Å². The Bertz CT molecular complexity index is 1950. The molecule has 1 aromatic carbocycles. The van der Waals surface area contributed by atoms with Crippen LogP contribution in [0.4, 0.5) is 14.9 Å². The normalized spacial score (nSPS) is 34.8. The van der Waals surface area contributed by atoms with Crippen LogP contribution in [-0.4, -0.2) is 63.8 Å². The van der Waals surface area contributed by atoms with Gasteiger partial charge in [-0.15, -0.1) is 0 Å². The molecular formula is C41H52FN3O8. The smallest absolute Gasteiger partial charge is 0.414 e. The molecule has 4 aliphatic carbocycles. The van der Waals surface area contributed by atoms with Gasteiger partial charge in [-0.1, -0.05) is 39.8 Å². The predicted octanol–water partition coefficient (Wildman–Crippen LogP) is 6.40. The lowest BCUT2D eigenvalue weighted by molar-refractivity contribution is -0.191. The number of carbonyl (C=O) groups is 4. The Morgan fingerprint density at radius 1 is 1.04 bits per heavy atom. The highest BCUT2D eigenvalue weighted by Gasteiger charge is 2.68. The molecule has 2 bridgehead atoms. The predicted molar refractivity (Wildman–Crippen MR) is 196 cm³/mol. The van der Waals surface area contributed by atoms with Gasteiger partial charge in [-0.3, -0.25) is 19.7 Å². The molecule has 5 fully saturated rings. The SMILES string of the molecule is C/C=C\[C@]1(C)C[C@@H](OC(=O)NC(=O)C2CCN(c3cc4c(cc3F)c(=O)c(C(=O)O)cn4C3CC3)CC2)[C@]2(C)C(C)CCC3(CCC(=O)C32)[C@@H](C)[C@@H]1O. The average molecular weight is 734 g/mol. The van der Waals surface area contributed by atoms with Gasteiger partial charge in [0.05, 0.1) is 17.3 Å². The summed E-state index contributed by atoms with van der Waals surface area (Å²) in [5, 5.41) is 24.0. The second-order valence-corrected chi connectivity index (χ2v) is 17.2. The van der Waals surface area contributed by atoms with Crippen molar-refractivity contribution in [1.29, 1.82) is 0 Å². The second-order valence-electron chi connectivity index (χ2n) is 17.2. The van der Waals surface area contributed by atoms with E-state index in [1.54, 1.807) is 10.6 Å². The molecule has 0 radical (unpaired) electrons. The van der Waals surface area contributed by atoms with Crippen LogP contribution >= 0.6 is 0 Å². The van der Waals surface area contributed by atoms with Crippen molar-refractivity contribution >= 4 is 40.3 Å². The minimum atomic E-state index is -1.35. The Labute approximate surface area is 308 Å². The van der Waals surface area contributed by atoms with Crippen molar-refractivity contribution in [2.45, 2.75) is 111 Å². The van der Waals surface area contributed by atoms with E-state index in [1.165, 1.54) is 6.20 Å². The van der Waals surface area contributed by atoms with E-state index in [2.05, 4.69) is 26.1 Å². The molecule has 286 valence electrons. The van der Waals surface area contributed by atoms with Gasteiger partial charge in [-0.05, 0) is 87.7 Å². The number of rotatable bonds is 6. The number of anilines is 1. The van der Waals surface area contributed by atoms with Crippen molar-refractivity contribution < 1.29 is 38.5 Å². The van der Waals surface area contributed by atoms with E-state index >= 15 is 4.39 Å². The number of Topliss-reactive ketones (excluding diaryl/α,β-unsaturated/α-hetero) is 1. The number of amides is 2. The fourth-order valence-electron chi connectivity index (χ4n) is 11.0. The number of pyridine rings is 1. The molecule has 2 aromatic rings. The summed E-state index contributed by atoms with van der Waals surface area (Å²) < 4.78 is 23.6. The number of aromatic nitrogens is 1. The minimum absolute atomic E-state index is 0.0182. The van der Waals surface area contributed by atoms with E-state index < -0.39 is 69.1 Å². The number of carboxylic acids is 1. The summed E-state index contributed by atoms with van der Waals surface area (Å²) >= 11 is 0. The minimum Gasteiger partial charge on any atom is -0.477 e. The molecule has 1 aliphatic heterocycles. The summed E-state index contributed by atoms with van der Waals surface area (Å²) in [5.41, 5.74) is -2.21. The molecule has 12 heteroatoms. The highest BCUT2D eigenvalue weighted by molar-refractivity contribution is 5.94. The van der Waals surface area contributed by atoms with E-state index in [4.69, 9.17) is 4.74 Å². The number of nitrogens with one attached hydrogen (secondary N) is 1. The summed E-state index contributed by atoms with van der Waals surface area (Å²) in [6.07, 6.45) is 8.32. The first-order valence-electron chi connectivity index (χ1n) is 19.3. The lowest BCUT2D eigenvalue weighted by Gasteiger charge is -2.61.